The lowest BCUT2D eigenvalue weighted by atomic mass is 10.2. The maximum absolute atomic E-state index is 5.78. The summed E-state index contributed by atoms with van der Waals surface area (Å²) in [6, 6.07) is 11.7. The molecule has 0 aliphatic heterocycles. The van der Waals surface area contributed by atoms with Crippen molar-refractivity contribution in [2.45, 2.75) is 6.42 Å². The highest BCUT2D eigenvalue weighted by Gasteiger charge is 2.03. The third kappa shape index (κ3) is 2.49. The zero-order valence-electron chi connectivity index (χ0n) is 10.3. The number of rotatable bonds is 4. The fourth-order valence-corrected chi connectivity index (χ4v) is 1.97. The fraction of sp³-hybridized carbons (Fsp3) is 0.143. The van der Waals surface area contributed by atoms with E-state index in [1.54, 1.807) is 6.20 Å². The summed E-state index contributed by atoms with van der Waals surface area (Å²) in [6.07, 6.45) is 2.50. The molecule has 3 rings (SSSR count). The molecule has 0 aliphatic carbocycles. The van der Waals surface area contributed by atoms with Gasteiger partial charge in [0, 0.05) is 29.8 Å². The molecule has 0 aliphatic rings. The second kappa shape index (κ2) is 4.97. The number of para-hydroxylation sites is 1. The van der Waals surface area contributed by atoms with E-state index in [1.165, 1.54) is 0 Å². The minimum absolute atomic E-state index is 0.502. The molecule has 19 heavy (non-hydrogen) atoms. The summed E-state index contributed by atoms with van der Waals surface area (Å²) in [7, 11) is 0. The van der Waals surface area contributed by atoms with Crippen LogP contribution in [0.5, 0.6) is 5.75 Å². The zero-order chi connectivity index (χ0) is 13.1. The summed E-state index contributed by atoms with van der Waals surface area (Å²) in [5, 5.41) is 7.81. The Morgan fingerprint density at radius 2 is 2.11 bits per heavy atom. The van der Waals surface area contributed by atoms with Crippen molar-refractivity contribution in [3.05, 3.63) is 48.3 Å². The van der Waals surface area contributed by atoms with Gasteiger partial charge < -0.3 is 10.5 Å². The summed E-state index contributed by atoms with van der Waals surface area (Å²) in [5.74, 6) is 1.30. The van der Waals surface area contributed by atoms with E-state index in [-0.39, 0.29) is 0 Å². The van der Waals surface area contributed by atoms with Gasteiger partial charge in [-0.3, -0.25) is 10.1 Å². The van der Waals surface area contributed by atoms with Gasteiger partial charge in [0.15, 0.2) is 0 Å². The Balaban J connectivity index is 1.71. The molecule has 3 aromatic rings. The number of nitrogens with zero attached hydrogens (tertiary/aromatic N) is 2. The first kappa shape index (κ1) is 11.5. The standard InChI is InChI=1S/C14H14N4O/c15-13-9-11(17-18-13)6-8-19-12-5-1-3-10-4-2-7-16-14(10)12/h1-5,7,9H,6,8H2,(H3,15,17,18). The van der Waals surface area contributed by atoms with Crippen LogP contribution in [0.4, 0.5) is 5.82 Å². The van der Waals surface area contributed by atoms with Gasteiger partial charge in [-0.05, 0) is 12.1 Å². The molecule has 0 radical (unpaired) electrons. The number of fused-ring (bicyclic) bond motifs is 1. The summed E-state index contributed by atoms with van der Waals surface area (Å²) in [4.78, 5) is 4.35. The predicted octanol–water partition coefficient (Wildman–Crippen LogP) is 2.16. The van der Waals surface area contributed by atoms with E-state index in [1.807, 2.05) is 36.4 Å². The first-order chi connectivity index (χ1) is 9.33. The lowest BCUT2D eigenvalue weighted by Crippen LogP contribution is -2.02. The molecule has 1 aromatic carbocycles. The monoisotopic (exact) mass is 254 g/mol. The van der Waals surface area contributed by atoms with Crippen molar-refractivity contribution in [1.82, 2.24) is 15.2 Å². The van der Waals surface area contributed by atoms with Crippen LogP contribution in [0.3, 0.4) is 0 Å². The van der Waals surface area contributed by atoms with Gasteiger partial charge in [0.1, 0.15) is 17.1 Å². The Labute approximate surface area is 110 Å². The number of ether oxygens (including phenoxy) is 1. The van der Waals surface area contributed by atoms with Crippen LogP contribution in [-0.2, 0) is 6.42 Å². The number of nitrogens with two attached hydrogens (primary N) is 1. The number of nitrogens with one attached hydrogen (secondary N) is 1. The number of H-pyrrole nitrogens is 1. The summed E-state index contributed by atoms with van der Waals surface area (Å²) < 4.78 is 5.78. The Hall–Kier alpha value is -2.56. The Morgan fingerprint density at radius 1 is 1.21 bits per heavy atom. The highest BCUT2D eigenvalue weighted by Crippen LogP contribution is 2.22. The van der Waals surface area contributed by atoms with Gasteiger partial charge in [-0.25, -0.2) is 0 Å². The third-order valence-corrected chi connectivity index (χ3v) is 2.88. The molecule has 0 saturated carbocycles. The van der Waals surface area contributed by atoms with Crippen molar-refractivity contribution in [3.63, 3.8) is 0 Å². The van der Waals surface area contributed by atoms with E-state index in [9.17, 15) is 0 Å². The van der Waals surface area contributed by atoms with Crippen molar-refractivity contribution < 1.29 is 4.74 Å². The van der Waals surface area contributed by atoms with Crippen LogP contribution in [0.15, 0.2) is 42.6 Å². The van der Waals surface area contributed by atoms with E-state index in [0.717, 1.165) is 28.8 Å². The van der Waals surface area contributed by atoms with Crippen molar-refractivity contribution in [1.29, 1.82) is 0 Å². The van der Waals surface area contributed by atoms with Crippen molar-refractivity contribution >= 4 is 16.7 Å². The number of benzene rings is 1. The summed E-state index contributed by atoms with van der Waals surface area (Å²) >= 11 is 0. The lowest BCUT2D eigenvalue weighted by molar-refractivity contribution is 0.323. The first-order valence-electron chi connectivity index (χ1n) is 6.09. The van der Waals surface area contributed by atoms with Crippen LogP contribution in [0.2, 0.25) is 0 Å². The normalized spacial score (nSPS) is 10.7. The largest absolute Gasteiger partial charge is 0.491 e. The summed E-state index contributed by atoms with van der Waals surface area (Å²) in [6.45, 7) is 0.553. The molecule has 0 bridgehead atoms. The molecular weight excluding hydrogens is 240 g/mol. The van der Waals surface area contributed by atoms with Crippen molar-refractivity contribution in [2.75, 3.05) is 12.3 Å². The molecule has 0 fully saturated rings. The molecule has 0 atom stereocenters. The van der Waals surface area contributed by atoms with Crippen LogP contribution >= 0.6 is 0 Å². The van der Waals surface area contributed by atoms with Gasteiger partial charge in [-0.15, -0.1) is 0 Å². The zero-order valence-corrected chi connectivity index (χ0v) is 10.3. The average Bonchev–Trinajstić information content (AvgIpc) is 2.85. The third-order valence-electron chi connectivity index (χ3n) is 2.88. The SMILES string of the molecule is Nc1cc(CCOc2cccc3cccnc23)[nH]n1. The number of anilines is 1. The second-order valence-electron chi connectivity index (χ2n) is 4.25. The Bertz CT molecular complexity index is 687. The van der Waals surface area contributed by atoms with Crippen LogP contribution in [0.1, 0.15) is 5.69 Å². The van der Waals surface area contributed by atoms with Crippen LogP contribution < -0.4 is 10.5 Å². The minimum Gasteiger partial charge on any atom is -0.491 e. The van der Waals surface area contributed by atoms with Gasteiger partial charge in [0.2, 0.25) is 0 Å². The molecule has 0 saturated heterocycles. The molecule has 2 aromatic heterocycles. The maximum atomic E-state index is 5.78. The van der Waals surface area contributed by atoms with Gasteiger partial charge in [0.05, 0.1) is 6.61 Å². The predicted molar refractivity (Wildman–Crippen MR) is 73.9 cm³/mol. The quantitative estimate of drug-likeness (QED) is 0.748. The molecule has 0 spiro atoms. The number of aromatic amines is 1. The molecular formula is C14H14N4O. The molecule has 0 unspecified atom stereocenters. The Kier molecular flexibility index (Phi) is 3.02. The number of hydrogen-bond acceptors (Lipinski definition) is 4. The smallest absolute Gasteiger partial charge is 0.145 e. The lowest BCUT2D eigenvalue weighted by Gasteiger charge is -2.07. The van der Waals surface area contributed by atoms with E-state index in [2.05, 4.69) is 15.2 Å². The molecule has 5 heteroatoms. The van der Waals surface area contributed by atoms with Crippen LogP contribution in [-0.4, -0.2) is 21.8 Å². The number of aromatic nitrogens is 3. The van der Waals surface area contributed by atoms with Gasteiger partial charge in [0.25, 0.3) is 0 Å². The fourth-order valence-electron chi connectivity index (χ4n) is 1.97. The highest BCUT2D eigenvalue weighted by atomic mass is 16.5. The average molecular weight is 254 g/mol. The molecule has 0 amide bonds. The summed E-state index contributed by atoms with van der Waals surface area (Å²) in [5.41, 5.74) is 7.39. The minimum atomic E-state index is 0.502. The topological polar surface area (TPSA) is 76.8 Å². The Morgan fingerprint density at radius 3 is 2.95 bits per heavy atom. The van der Waals surface area contributed by atoms with Crippen molar-refractivity contribution in [3.8, 4) is 5.75 Å². The number of pyridine rings is 1. The molecule has 3 N–H and O–H groups in total. The molecule has 2 heterocycles. The maximum Gasteiger partial charge on any atom is 0.145 e. The van der Waals surface area contributed by atoms with Gasteiger partial charge in [-0.2, -0.15) is 5.10 Å². The van der Waals surface area contributed by atoms with E-state index in [4.69, 9.17) is 10.5 Å². The van der Waals surface area contributed by atoms with Crippen LogP contribution in [0, 0.1) is 0 Å². The van der Waals surface area contributed by atoms with Crippen LogP contribution in [0.25, 0.3) is 10.9 Å². The van der Waals surface area contributed by atoms with E-state index >= 15 is 0 Å². The second-order valence-corrected chi connectivity index (χ2v) is 4.25. The van der Waals surface area contributed by atoms with Gasteiger partial charge in [-0.1, -0.05) is 18.2 Å². The first-order valence-corrected chi connectivity index (χ1v) is 6.09. The van der Waals surface area contributed by atoms with E-state index < -0.39 is 0 Å². The van der Waals surface area contributed by atoms with Gasteiger partial charge >= 0.3 is 0 Å². The number of nitrogen functional groups attached to an aromatic ring is 1. The highest BCUT2D eigenvalue weighted by molar-refractivity contribution is 5.84. The molecule has 5 nitrogen and oxygen atoms in total. The van der Waals surface area contributed by atoms with Crippen molar-refractivity contribution in [2.24, 2.45) is 0 Å². The van der Waals surface area contributed by atoms with E-state index in [0.29, 0.717) is 12.4 Å². The number of hydrogen-bond donors (Lipinski definition) is 2. The molecule has 96 valence electrons.